The number of hydrogen-bond donors (Lipinski definition) is 1. The van der Waals surface area contributed by atoms with Gasteiger partial charge in [-0.25, -0.2) is 0 Å². The van der Waals surface area contributed by atoms with Gasteiger partial charge in [0.25, 0.3) is 0 Å². The first-order valence-electron chi connectivity index (χ1n) is 7.62. The molecule has 0 spiro atoms. The zero-order valence-electron chi connectivity index (χ0n) is 12.4. The summed E-state index contributed by atoms with van der Waals surface area (Å²) in [5.74, 6) is 0.702. The van der Waals surface area contributed by atoms with E-state index in [4.69, 9.17) is 0 Å². The number of aryl methyl sites for hydroxylation is 3. The van der Waals surface area contributed by atoms with Crippen molar-refractivity contribution >= 4 is 5.69 Å². The summed E-state index contributed by atoms with van der Waals surface area (Å²) in [6.45, 7) is 5.49. The van der Waals surface area contributed by atoms with E-state index in [-0.39, 0.29) is 0 Å². The monoisotopic (exact) mass is 265 g/mol. The molecule has 1 heterocycles. The highest BCUT2D eigenvalue weighted by atomic mass is 14.9. The van der Waals surface area contributed by atoms with Crippen LogP contribution in [0.1, 0.15) is 41.0 Å². The third-order valence-electron chi connectivity index (χ3n) is 4.27. The molecule has 20 heavy (non-hydrogen) atoms. The molecule has 0 saturated carbocycles. The number of para-hydroxylation sites is 1. The Labute approximate surface area is 122 Å². The highest BCUT2D eigenvalue weighted by Gasteiger charge is 2.19. The Bertz CT molecular complexity index is 580. The van der Waals surface area contributed by atoms with Crippen molar-refractivity contribution in [3.8, 4) is 0 Å². The number of anilines is 1. The van der Waals surface area contributed by atoms with Gasteiger partial charge in [-0.3, -0.25) is 0 Å². The Balaban J connectivity index is 1.73. The average Bonchev–Trinajstić information content (AvgIpc) is 2.44. The minimum absolute atomic E-state index is 0.702. The number of rotatable bonds is 3. The Hall–Kier alpha value is -1.76. The van der Waals surface area contributed by atoms with Gasteiger partial charge in [0, 0.05) is 12.2 Å². The molecule has 0 aromatic heterocycles. The summed E-state index contributed by atoms with van der Waals surface area (Å²) in [6, 6.07) is 15.7. The summed E-state index contributed by atoms with van der Waals surface area (Å²) in [7, 11) is 0. The first kappa shape index (κ1) is 13.2. The van der Waals surface area contributed by atoms with Gasteiger partial charge in [0.1, 0.15) is 0 Å². The van der Waals surface area contributed by atoms with Crippen LogP contribution in [0.2, 0.25) is 0 Å². The standard InChI is InChI=1S/C19H23N/c1-14-11-15(2)13-16(12-14)7-8-17-9-10-20-19-6-4-3-5-18(17)19/h3-6,11-13,17,20H,7-10H2,1-2H3. The van der Waals surface area contributed by atoms with E-state index in [9.17, 15) is 0 Å². The van der Waals surface area contributed by atoms with Crippen LogP contribution in [0.15, 0.2) is 42.5 Å². The summed E-state index contributed by atoms with van der Waals surface area (Å²) >= 11 is 0. The lowest BCUT2D eigenvalue weighted by Crippen LogP contribution is -2.17. The molecule has 0 fully saturated rings. The van der Waals surface area contributed by atoms with Crippen LogP contribution < -0.4 is 5.32 Å². The maximum Gasteiger partial charge on any atom is 0.0375 e. The van der Waals surface area contributed by atoms with Crippen molar-refractivity contribution in [3.63, 3.8) is 0 Å². The lowest BCUT2D eigenvalue weighted by atomic mass is 9.86. The lowest BCUT2D eigenvalue weighted by molar-refractivity contribution is 0.579. The number of benzene rings is 2. The van der Waals surface area contributed by atoms with Crippen LogP contribution >= 0.6 is 0 Å². The van der Waals surface area contributed by atoms with E-state index in [1.165, 1.54) is 47.2 Å². The first-order chi connectivity index (χ1) is 9.72. The predicted molar refractivity (Wildman–Crippen MR) is 86.5 cm³/mol. The maximum atomic E-state index is 3.51. The van der Waals surface area contributed by atoms with Crippen molar-refractivity contribution in [3.05, 3.63) is 64.7 Å². The van der Waals surface area contributed by atoms with Gasteiger partial charge in [-0.05, 0) is 56.2 Å². The first-order valence-corrected chi connectivity index (χ1v) is 7.62. The molecule has 2 aromatic carbocycles. The second-order valence-corrected chi connectivity index (χ2v) is 6.03. The molecule has 1 atom stereocenters. The van der Waals surface area contributed by atoms with E-state index in [0.717, 1.165) is 6.54 Å². The fourth-order valence-electron chi connectivity index (χ4n) is 3.40. The minimum Gasteiger partial charge on any atom is -0.385 e. The van der Waals surface area contributed by atoms with Crippen molar-refractivity contribution in [2.45, 2.75) is 39.0 Å². The minimum atomic E-state index is 0.702. The highest BCUT2D eigenvalue weighted by molar-refractivity contribution is 5.54. The molecular weight excluding hydrogens is 242 g/mol. The maximum absolute atomic E-state index is 3.51. The Kier molecular flexibility index (Phi) is 3.77. The van der Waals surface area contributed by atoms with E-state index in [1.807, 2.05) is 0 Å². The van der Waals surface area contributed by atoms with E-state index in [2.05, 4.69) is 61.6 Å². The van der Waals surface area contributed by atoms with Crippen molar-refractivity contribution in [2.24, 2.45) is 0 Å². The van der Waals surface area contributed by atoms with Crippen molar-refractivity contribution in [1.29, 1.82) is 0 Å². The number of fused-ring (bicyclic) bond motifs is 1. The average molecular weight is 265 g/mol. The van der Waals surface area contributed by atoms with Crippen LogP contribution in [0.5, 0.6) is 0 Å². The normalized spacial score (nSPS) is 17.4. The van der Waals surface area contributed by atoms with Crippen LogP contribution in [0.4, 0.5) is 5.69 Å². The van der Waals surface area contributed by atoms with Gasteiger partial charge >= 0.3 is 0 Å². The van der Waals surface area contributed by atoms with Crippen molar-refractivity contribution in [1.82, 2.24) is 0 Å². The van der Waals surface area contributed by atoms with Gasteiger partial charge in [0.05, 0.1) is 0 Å². The van der Waals surface area contributed by atoms with Crippen LogP contribution in [-0.4, -0.2) is 6.54 Å². The fourth-order valence-corrected chi connectivity index (χ4v) is 3.40. The van der Waals surface area contributed by atoms with Crippen LogP contribution in [-0.2, 0) is 6.42 Å². The molecule has 1 nitrogen and oxygen atoms in total. The molecular formula is C19H23N. The molecule has 0 amide bonds. The Morgan fingerprint density at radius 1 is 1.05 bits per heavy atom. The van der Waals surface area contributed by atoms with Crippen molar-refractivity contribution in [2.75, 3.05) is 11.9 Å². The van der Waals surface area contributed by atoms with Crippen LogP contribution in [0, 0.1) is 13.8 Å². The third kappa shape index (κ3) is 2.87. The summed E-state index contributed by atoms with van der Waals surface area (Å²) < 4.78 is 0. The lowest BCUT2D eigenvalue weighted by Gasteiger charge is -2.26. The summed E-state index contributed by atoms with van der Waals surface area (Å²) in [4.78, 5) is 0. The SMILES string of the molecule is Cc1cc(C)cc(CCC2CCNc3ccccc32)c1. The van der Waals surface area contributed by atoms with Gasteiger partial charge in [-0.1, -0.05) is 47.5 Å². The molecule has 0 bridgehead atoms. The molecule has 1 aliphatic heterocycles. The summed E-state index contributed by atoms with van der Waals surface area (Å²) in [6.07, 6.45) is 3.69. The van der Waals surface area contributed by atoms with E-state index in [1.54, 1.807) is 0 Å². The molecule has 2 aromatic rings. The van der Waals surface area contributed by atoms with E-state index in [0.29, 0.717) is 5.92 Å². The van der Waals surface area contributed by atoms with Gasteiger partial charge in [0.15, 0.2) is 0 Å². The van der Waals surface area contributed by atoms with E-state index >= 15 is 0 Å². The predicted octanol–water partition coefficient (Wildman–Crippen LogP) is 4.84. The molecule has 0 aliphatic carbocycles. The van der Waals surface area contributed by atoms with E-state index < -0.39 is 0 Å². The second-order valence-electron chi connectivity index (χ2n) is 6.03. The molecule has 0 saturated heterocycles. The second kappa shape index (κ2) is 5.70. The third-order valence-corrected chi connectivity index (χ3v) is 4.27. The number of hydrogen-bond acceptors (Lipinski definition) is 1. The molecule has 1 heteroatoms. The molecule has 104 valence electrons. The number of nitrogens with one attached hydrogen (secondary N) is 1. The smallest absolute Gasteiger partial charge is 0.0375 e. The summed E-state index contributed by atoms with van der Waals surface area (Å²) in [5.41, 5.74) is 7.09. The van der Waals surface area contributed by atoms with Gasteiger partial charge in [-0.15, -0.1) is 0 Å². The van der Waals surface area contributed by atoms with Gasteiger partial charge < -0.3 is 5.32 Å². The van der Waals surface area contributed by atoms with Crippen LogP contribution in [0.25, 0.3) is 0 Å². The molecule has 1 aliphatic rings. The Morgan fingerprint density at radius 3 is 2.60 bits per heavy atom. The molecule has 3 rings (SSSR count). The highest BCUT2D eigenvalue weighted by Crippen LogP contribution is 2.34. The quantitative estimate of drug-likeness (QED) is 0.837. The fraction of sp³-hybridized carbons (Fsp3) is 0.368. The van der Waals surface area contributed by atoms with Crippen molar-refractivity contribution < 1.29 is 0 Å². The van der Waals surface area contributed by atoms with Crippen LogP contribution in [0.3, 0.4) is 0 Å². The largest absolute Gasteiger partial charge is 0.385 e. The summed E-state index contributed by atoms with van der Waals surface area (Å²) in [5, 5.41) is 3.51. The molecule has 1 N–H and O–H groups in total. The zero-order chi connectivity index (χ0) is 13.9. The van der Waals surface area contributed by atoms with Gasteiger partial charge in [-0.2, -0.15) is 0 Å². The molecule has 1 unspecified atom stereocenters. The molecule has 0 radical (unpaired) electrons. The Morgan fingerprint density at radius 2 is 1.80 bits per heavy atom. The van der Waals surface area contributed by atoms with Gasteiger partial charge in [0.2, 0.25) is 0 Å². The zero-order valence-corrected chi connectivity index (χ0v) is 12.4. The topological polar surface area (TPSA) is 12.0 Å².